The molecule has 0 saturated carbocycles. The first-order valence-electron chi connectivity index (χ1n) is 9.46. The van der Waals surface area contributed by atoms with Gasteiger partial charge in [-0.05, 0) is 30.2 Å². The van der Waals surface area contributed by atoms with Crippen LogP contribution in [0.4, 0.5) is 5.69 Å². The lowest BCUT2D eigenvalue weighted by molar-refractivity contribution is 0.102. The van der Waals surface area contributed by atoms with Crippen LogP contribution in [0, 0.1) is 0 Å². The number of aryl methyl sites for hydroxylation is 2. The molecule has 138 valence electrons. The van der Waals surface area contributed by atoms with Crippen molar-refractivity contribution in [2.24, 2.45) is 0 Å². The van der Waals surface area contributed by atoms with Gasteiger partial charge in [-0.25, -0.2) is 0 Å². The van der Waals surface area contributed by atoms with Gasteiger partial charge in [-0.3, -0.25) is 4.79 Å². The first kappa shape index (κ1) is 17.8. The smallest absolute Gasteiger partial charge is 0.255 e. The Morgan fingerprint density at radius 2 is 1.36 bits per heavy atom. The monoisotopic (exact) mass is 366 g/mol. The minimum Gasteiger partial charge on any atom is -0.345 e. The molecule has 3 nitrogen and oxygen atoms in total. The van der Waals surface area contributed by atoms with Crippen molar-refractivity contribution < 1.29 is 4.79 Å². The number of benzene rings is 3. The molecular formula is C25H22N2O. The fraction of sp³-hybridized carbons (Fsp3) is 0.0800. The standard InChI is InChI=1S/C25H22N2O/c28-25(22-14-8-3-9-15-22)26-23-17-19-27(18-16-20-10-4-1-5-11-20)24(23)21-12-6-2-7-13-21/h1-15,17,19H,16,18H2,(H,26,28). The molecule has 1 heterocycles. The van der Waals surface area contributed by atoms with Crippen LogP contribution in [0.25, 0.3) is 11.3 Å². The first-order chi connectivity index (χ1) is 13.8. The summed E-state index contributed by atoms with van der Waals surface area (Å²) in [4.78, 5) is 12.7. The highest BCUT2D eigenvalue weighted by Gasteiger charge is 2.14. The Balaban J connectivity index is 1.63. The molecule has 0 saturated heterocycles. The lowest BCUT2D eigenvalue weighted by atomic mass is 10.1. The second-order valence-corrected chi connectivity index (χ2v) is 6.69. The average Bonchev–Trinajstić information content (AvgIpc) is 3.16. The van der Waals surface area contributed by atoms with Gasteiger partial charge in [0.1, 0.15) is 0 Å². The molecule has 1 amide bonds. The van der Waals surface area contributed by atoms with Crippen LogP contribution in [0.1, 0.15) is 15.9 Å². The molecule has 0 bridgehead atoms. The normalized spacial score (nSPS) is 10.6. The Morgan fingerprint density at radius 3 is 2.04 bits per heavy atom. The highest BCUT2D eigenvalue weighted by Crippen LogP contribution is 2.30. The maximum absolute atomic E-state index is 12.7. The third kappa shape index (κ3) is 4.04. The van der Waals surface area contributed by atoms with E-state index in [0.717, 1.165) is 29.9 Å². The van der Waals surface area contributed by atoms with E-state index < -0.39 is 0 Å². The predicted octanol–water partition coefficient (Wildman–Crippen LogP) is 5.65. The summed E-state index contributed by atoms with van der Waals surface area (Å²) in [5.74, 6) is -0.0985. The highest BCUT2D eigenvalue weighted by atomic mass is 16.1. The second kappa shape index (κ2) is 8.40. The molecule has 1 aromatic heterocycles. The van der Waals surface area contributed by atoms with Gasteiger partial charge in [0.15, 0.2) is 0 Å². The molecule has 3 heteroatoms. The van der Waals surface area contributed by atoms with Crippen LogP contribution in [0.3, 0.4) is 0 Å². The van der Waals surface area contributed by atoms with E-state index in [2.05, 4.69) is 46.3 Å². The number of nitrogens with one attached hydrogen (secondary N) is 1. The predicted molar refractivity (Wildman–Crippen MR) is 114 cm³/mol. The van der Waals surface area contributed by atoms with Crippen molar-refractivity contribution in [1.29, 1.82) is 0 Å². The van der Waals surface area contributed by atoms with Gasteiger partial charge in [-0.2, -0.15) is 0 Å². The molecular weight excluding hydrogens is 344 g/mol. The topological polar surface area (TPSA) is 34.0 Å². The van der Waals surface area contributed by atoms with Crippen molar-refractivity contribution in [1.82, 2.24) is 4.57 Å². The van der Waals surface area contributed by atoms with E-state index in [4.69, 9.17) is 0 Å². The first-order valence-corrected chi connectivity index (χ1v) is 9.46. The van der Waals surface area contributed by atoms with Gasteiger partial charge in [0.2, 0.25) is 0 Å². The second-order valence-electron chi connectivity index (χ2n) is 6.69. The van der Waals surface area contributed by atoms with E-state index in [9.17, 15) is 4.79 Å². The van der Waals surface area contributed by atoms with E-state index in [1.165, 1.54) is 5.56 Å². The molecule has 0 aliphatic rings. The van der Waals surface area contributed by atoms with Gasteiger partial charge in [-0.1, -0.05) is 78.9 Å². The summed E-state index contributed by atoms with van der Waals surface area (Å²) in [7, 11) is 0. The van der Waals surface area contributed by atoms with Crippen molar-refractivity contribution >= 4 is 11.6 Å². The lowest BCUT2D eigenvalue weighted by Crippen LogP contribution is -2.12. The van der Waals surface area contributed by atoms with Crippen LogP contribution >= 0.6 is 0 Å². The third-order valence-electron chi connectivity index (χ3n) is 4.78. The SMILES string of the molecule is O=C(Nc1ccn(CCc2ccccc2)c1-c1ccccc1)c1ccccc1. The molecule has 4 rings (SSSR count). The third-order valence-corrected chi connectivity index (χ3v) is 4.78. The highest BCUT2D eigenvalue weighted by molar-refractivity contribution is 6.06. The summed E-state index contributed by atoms with van der Waals surface area (Å²) in [6.07, 6.45) is 2.98. The molecule has 0 fully saturated rings. The Labute approximate surface area is 165 Å². The molecule has 0 aliphatic heterocycles. The zero-order valence-electron chi connectivity index (χ0n) is 15.6. The maximum atomic E-state index is 12.7. The molecule has 0 atom stereocenters. The summed E-state index contributed by atoms with van der Waals surface area (Å²) in [5, 5.41) is 3.08. The van der Waals surface area contributed by atoms with Crippen molar-refractivity contribution in [2.75, 3.05) is 5.32 Å². The summed E-state index contributed by atoms with van der Waals surface area (Å²) >= 11 is 0. The van der Waals surface area contributed by atoms with Crippen LogP contribution in [0.5, 0.6) is 0 Å². The number of rotatable bonds is 6. The maximum Gasteiger partial charge on any atom is 0.255 e. The Kier molecular flexibility index (Phi) is 5.34. The average molecular weight is 366 g/mol. The molecule has 0 aliphatic carbocycles. The van der Waals surface area contributed by atoms with Gasteiger partial charge < -0.3 is 9.88 Å². The van der Waals surface area contributed by atoms with E-state index in [1.54, 1.807) is 0 Å². The fourth-order valence-corrected chi connectivity index (χ4v) is 3.36. The quantitative estimate of drug-likeness (QED) is 0.470. The molecule has 28 heavy (non-hydrogen) atoms. The van der Waals surface area contributed by atoms with Gasteiger partial charge in [-0.15, -0.1) is 0 Å². The van der Waals surface area contributed by atoms with Crippen LogP contribution in [0.15, 0.2) is 103 Å². The minimum atomic E-state index is -0.0985. The number of carbonyl (C=O) groups excluding carboxylic acids is 1. The molecule has 0 unspecified atom stereocenters. The van der Waals surface area contributed by atoms with Gasteiger partial charge >= 0.3 is 0 Å². The van der Waals surface area contributed by atoms with Crippen LogP contribution in [-0.2, 0) is 13.0 Å². The van der Waals surface area contributed by atoms with Crippen molar-refractivity contribution in [3.63, 3.8) is 0 Å². The molecule has 0 spiro atoms. The largest absolute Gasteiger partial charge is 0.345 e. The Hall–Kier alpha value is -3.59. The molecule has 4 aromatic rings. The van der Waals surface area contributed by atoms with Crippen molar-refractivity contribution in [2.45, 2.75) is 13.0 Å². The minimum absolute atomic E-state index is 0.0985. The number of amides is 1. The van der Waals surface area contributed by atoms with Gasteiger partial charge in [0.25, 0.3) is 5.91 Å². The number of hydrogen-bond acceptors (Lipinski definition) is 1. The zero-order valence-corrected chi connectivity index (χ0v) is 15.6. The van der Waals surface area contributed by atoms with E-state index in [0.29, 0.717) is 5.56 Å². The number of anilines is 1. The summed E-state index contributed by atoms with van der Waals surface area (Å²) < 4.78 is 2.21. The van der Waals surface area contributed by atoms with Crippen molar-refractivity contribution in [3.05, 3.63) is 114 Å². The Morgan fingerprint density at radius 1 is 0.750 bits per heavy atom. The van der Waals surface area contributed by atoms with Gasteiger partial charge in [0.05, 0.1) is 11.4 Å². The van der Waals surface area contributed by atoms with E-state index >= 15 is 0 Å². The number of aromatic nitrogens is 1. The number of hydrogen-bond donors (Lipinski definition) is 1. The molecule has 1 N–H and O–H groups in total. The number of carbonyl (C=O) groups is 1. The Bertz CT molecular complexity index is 1040. The van der Waals surface area contributed by atoms with E-state index in [1.807, 2.05) is 66.9 Å². The molecule has 3 aromatic carbocycles. The molecule has 0 radical (unpaired) electrons. The number of nitrogens with zero attached hydrogens (tertiary/aromatic N) is 1. The van der Waals surface area contributed by atoms with E-state index in [-0.39, 0.29) is 5.91 Å². The van der Waals surface area contributed by atoms with Gasteiger partial charge in [0, 0.05) is 23.9 Å². The van der Waals surface area contributed by atoms with Crippen LogP contribution in [-0.4, -0.2) is 10.5 Å². The lowest BCUT2D eigenvalue weighted by Gasteiger charge is -2.13. The fourth-order valence-electron chi connectivity index (χ4n) is 3.36. The summed E-state index contributed by atoms with van der Waals surface area (Å²) in [6, 6.07) is 31.9. The summed E-state index contributed by atoms with van der Waals surface area (Å²) in [5.41, 5.74) is 4.89. The van der Waals surface area contributed by atoms with Crippen molar-refractivity contribution in [3.8, 4) is 11.3 Å². The zero-order chi connectivity index (χ0) is 19.2. The van der Waals surface area contributed by atoms with Crippen LogP contribution in [0.2, 0.25) is 0 Å². The van der Waals surface area contributed by atoms with Crippen LogP contribution < -0.4 is 5.32 Å². The summed E-state index contributed by atoms with van der Waals surface area (Å²) in [6.45, 7) is 0.843.